The van der Waals surface area contributed by atoms with Crippen LogP contribution in [-0.2, 0) is 9.47 Å². The maximum Gasteiger partial charge on any atom is 0.0697 e. The van der Waals surface area contributed by atoms with Gasteiger partial charge in [0.2, 0.25) is 0 Å². The lowest BCUT2D eigenvalue weighted by Crippen LogP contribution is -2.51. The second-order valence-corrected chi connectivity index (χ2v) is 6.85. The summed E-state index contributed by atoms with van der Waals surface area (Å²) in [5.74, 6) is 0. The molecule has 1 spiro atoms. The van der Waals surface area contributed by atoms with Crippen molar-refractivity contribution in [1.29, 1.82) is 0 Å². The maximum atomic E-state index is 6.18. The van der Waals surface area contributed by atoms with E-state index >= 15 is 0 Å². The number of ether oxygens (including phenoxy) is 2. The SMILES string of the molecule is CC1CC(NC2CCOC3(CCCCC3)C2)CCO1. The van der Waals surface area contributed by atoms with Crippen LogP contribution in [0.25, 0.3) is 0 Å². The van der Waals surface area contributed by atoms with E-state index in [0.29, 0.717) is 18.2 Å². The molecular formula is C16H29NO2. The zero-order chi connectivity index (χ0) is 13.1. The molecule has 3 fully saturated rings. The smallest absolute Gasteiger partial charge is 0.0697 e. The van der Waals surface area contributed by atoms with Gasteiger partial charge in [-0.3, -0.25) is 0 Å². The van der Waals surface area contributed by atoms with Crippen LogP contribution in [0.1, 0.15) is 64.7 Å². The highest BCUT2D eigenvalue weighted by Gasteiger charge is 2.39. The molecule has 0 bridgehead atoms. The highest BCUT2D eigenvalue weighted by atomic mass is 16.5. The molecular weight excluding hydrogens is 238 g/mol. The lowest BCUT2D eigenvalue weighted by molar-refractivity contribution is -0.111. The van der Waals surface area contributed by atoms with E-state index in [-0.39, 0.29) is 5.60 Å². The fourth-order valence-corrected chi connectivity index (χ4v) is 4.20. The Labute approximate surface area is 117 Å². The van der Waals surface area contributed by atoms with Gasteiger partial charge in [-0.25, -0.2) is 0 Å². The second-order valence-electron chi connectivity index (χ2n) is 6.85. The average Bonchev–Trinajstić information content (AvgIpc) is 2.40. The van der Waals surface area contributed by atoms with Gasteiger partial charge in [0.1, 0.15) is 0 Å². The summed E-state index contributed by atoms with van der Waals surface area (Å²) in [4.78, 5) is 0. The van der Waals surface area contributed by atoms with Crippen molar-refractivity contribution in [3.63, 3.8) is 0 Å². The largest absolute Gasteiger partial charge is 0.378 e. The zero-order valence-corrected chi connectivity index (χ0v) is 12.3. The van der Waals surface area contributed by atoms with Crippen molar-refractivity contribution in [1.82, 2.24) is 5.32 Å². The van der Waals surface area contributed by atoms with Gasteiger partial charge < -0.3 is 14.8 Å². The highest BCUT2D eigenvalue weighted by Crippen LogP contribution is 2.38. The van der Waals surface area contributed by atoms with E-state index in [9.17, 15) is 0 Å². The van der Waals surface area contributed by atoms with Crippen LogP contribution in [0.2, 0.25) is 0 Å². The van der Waals surface area contributed by atoms with E-state index in [1.54, 1.807) is 0 Å². The summed E-state index contributed by atoms with van der Waals surface area (Å²) in [7, 11) is 0. The summed E-state index contributed by atoms with van der Waals surface area (Å²) < 4.78 is 11.8. The topological polar surface area (TPSA) is 30.5 Å². The van der Waals surface area contributed by atoms with E-state index in [1.165, 1.54) is 57.8 Å². The Balaban J connectivity index is 1.53. The fourth-order valence-electron chi connectivity index (χ4n) is 4.20. The normalized spacial score (nSPS) is 39.3. The van der Waals surface area contributed by atoms with Gasteiger partial charge in [0.05, 0.1) is 11.7 Å². The zero-order valence-electron chi connectivity index (χ0n) is 12.3. The molecule has 19 heavy (non-hydrogen) atoms. The molecule has 0 radical (unpaired) electrons. The molecule has 0 aromatic rings. The van der Waals surface area contributed by atoms with Crippen LogP contribution in [0.15, 0.2) is 0 Å². The standard InChI is InChI=1S/C16H29NO2/c1-13-11-14(5-9-18-13)17-15-6-10-19-16(12-15)7-3-2-4-8-16/h13-15,17H,2-12H2,1H3. The molecule has 0 amide bonds. The summed E-state index contributed by atoms with van der Waals surface area (Å²) in [6.07, 6.45) is 11.9. The Morgan fingerprint density at radius 2 is 1.79 bits per heavy atom. The van der Waals surface area contributed by atoms with Crippen molar-refractivity contribution < 1.29 is 9.47 Å². The Morgan fingerprint density at radius 3 is 2.58 bits per heavy atom. The minimum absolute atomic E-state index is 0.227. The highest BCUT2D eigenvalue weighted by molar-refractivity contribution is 4.93. The van der Waals surface area contributed by atoms with Crippen LogP contribution in [0, 0.1) is 0 Å². The molecule has 3 aliphatic rings. The molecule has 0 aromatic heterocycles. The average molecular weight is 267 g/mol. The number of hydrogen-bond acceptors (Lipinski definition) is 3. The summed E-state index contributed by atoms with van der Waals surface area (Å²) in [6, 6.07) is 1.33. The van der Waals surface area contributed by atoms with Crippen molar-refractivity contribution >= 4 is 0 Å². The molecule has 3 heteroatoms. The van der Waals surface area contributed by atoms with Crippen molar-refractivity contribution in [2.75, 3.05) is 13.2 Å². The lowest BCUT2D eigenvalue weighted by atomic mass is 9.78. The van der Waals surface area contributed by atoms with Crippen molar-refractivity contribution in [2.45, 2.75) is 88.5 Å². The van der Waals surface area contributed by atoms with Gasteiger partial charge in [-0.05, 0) is 45.4 Å². The fraction of sp³-hybridized carbons (Fsp3) is 1.00. The Kier molecular flexibility index (Phi) is 4.45. The van der Waals surface area contributed by atoms with Gasteiger partial charge in [0, 0.05) is 25.3 Å². The van der Waals surface area contributed by atoms with E-state index < -0.39 is 0 Å². The summed E-state index contributed by atoms with van der Waals surface area (Å²) in [5.41, 5.74) is 0.227. The Morgan fingerprint density at radius 1 is 1.00 bits per heavy atom. The summed E-state index contributed by atoms with van der Waals surface area (Å²) >= 11 is 0. The maximum absolute atomic E-state index is 6.18. The second kappa shape index (κ2) is 6.11. The van der Waals surface area contributed by atoms with Crippen molar-refractivity contribution in [2.24, 2.45) is 0 Å². The van der Waals surface area contributed by atoms with Crippen LogP contribution in [0.3, 0.4) is 0 Å². The van der Waals surface area contributed by atoms with Crippen LogP contribution in [0.4, 0.5) is 0 Å². The summed E-state index contributed by atoms with van der Waals surface area (Å²) in [6.45, 7) is 4.07. The number of nitrogens with one attached hydrogen (secondary N) is 1. The van der Waals surface area contributed by atoms with Crippen molar-refractivity contribution in [3.05, 3.63) is 0 Å². The quantitative estimate of drug-likeness (QED) is 0.834. The van der Waals surface area contributed by atoms with Gasteiger partial charge in [-0.15, -0.1) is 0 Å². The molecule has 3 rings (SSSR count). The van der Waals surface area contributed by atoms with Crippen LogP contribution in [-0.4, -0.2) is 37.0 Å². The Bertz CT molecular complexity index is 283. The number of hydrogen-bond donors (Lipinski definition) is 1. The third kappa shape index (κ3) is 3.50. The van der Waals surface area contributed by atoms with Crippen LogP contribution >= 0.6 is 0 Å². The monoisotopic (exact) mass is 267 g/mol. The summed E-state index contributed by atoms with van der Waals surface area (Å²) in [5, 5.41) is 3.90. The van der Waals surface area contributed by atoms with Crippen LogP contribution < -0.4 is 5.32 Å². The molecule has 1 aliphatic carbocycles. The van der Waals surface area contributed by atoms with Gasteiger partial charge >= 0.3 is 0 Å². The first-order valence-corrected chi connectivity index (χ1v) is 8.27. The molecule has 1 saturated carbocycles. The minimum atomic E-state index is 0.227. The van der Waals surface area contributed by atoms with E-state index in [4.69, 9.17) is 9.47 Å². The molecule has 3 unspecified atom stereocenters. The first kappa shape index (κ1) is 13.8. The first-order chi connectivity index (χ1) is 9.26. The van der Waals surface area contributed by atoms with E-state index in [0.717, 1.165) is 13.2 Å². The molecule has 2 aliphatic heterocycles. The molecule has 3 atom stereocenters. The molecule has 0 aromatic carbocycles. The van der Waals surface area contributed by atoms with Gasteiger partial charge in [0.25, 0.3) is 0 Å². The van der Waals surface area contributed by atoms with Crippen LogP contribution in [0.5, 0.6) is 0 Å². The number of rotatable bonds is 2. The third-order valence-corrected chi connectivity index (χ3v) is 5.21. The van der Waals surface area contributed by atoms with Gasteiger partial charge in [-0.1, -0.05) is 19.3 Å². The predicted molar refractivity (Wildman–Crippen MR) is 76.4 cm³/mol. The molecule has 3 nitrogen and oxygen atoms in total. The first-order valence-electron chi connectivity index (χ1n) is 8.27. The Hall–Kier alpha value is -0.120. The lowest BCUT2D eigenvalue weighted by Gasteiger charge is -2.45. The van der Waals surface area contributed by atoms with Gasteiger partial charge in [0.15, 0.2) is 0 Å². The van der Waals surface area contributed by atoms with E-state index in [2.05, 4.69) is 12.2 Å². The molecule has 110 valence electrons. The van der Waals surface area contributed by atoms with Crippen molar-refractivity contribution in [3.8, 4) is 0 Å². The van der Waals surface area contributed by atoms with E-state index in [1.807, 2.05) is 0 Å². The third-order valence-electron chi connectivity index (χ3n) is 5.21. The molecule has 2 saturated heterocycles. The minimum Gasteiger partial charge on any atom is -0.378 e. The molecule has 1 N–H and O–H groups in total. The predicted octanol–water partition coefficient (Wildman–Crippen LogP) is 3.03. The molecule has 2 heterocycles. The van der Waals surface area contributed by atoms with Gasteiger partial charge in [-0.2, -0.15) is 0 Å².